The van der Waals surface area contributed by atoms with Gasteiger partial charge in [0.1, 0.15) is 0 Å². The Morgan fingerprint density at radius 1 is 1.37 bits per heavy atom. The highest BCUT2D eigenvalue weighted by Crippen LogP contribution is 2.26. The zero-order chi connectivity index (χ0) is 19.3. The van der Waals surface area contributed by atoms with E-state index in [-0.39, 0.29) is 11.8 Å². The largest absolute Gasteiger partial charge is 0.352 e. The molecule has 0 saturated carbocycles. The molecule has 3 rings (SSSR count). The van der Waals surface area contributed by atoms with Crippen molar-refractivity contribution >= 4 is 15.9 Å². The van der Waals surface area contributed by atoms with E-state index in [2.05, 4.69) is 15.4 Å². The van der Waals surface area contributed by atoms with Gasteiger partial charge in [0.05, 0.1) is 11.8 Å². The van der Waals surface area contributed by atoms with E-state index in [1.54, 1.807) is 18.5 Å². The molecule has 0 radical (unpaired) electrons. The number of carbonyl (C=O) groups excluding carboxylic acids is 1. The minimum absolute atomic E-state index is 0.0691. The van der Waals surface area contributed by atoms with E-state index < -0.39 is 10.0 Å². The van der Waals surface area contributed by atoms with Crippen LogP contribution in [0.2, 0.25) is 0 Å². The summed E-state index contributed by atoms with van der Waals surface area (Å²) in [5, 5.41) is 7.00. The lowest BCUT2D eigenvalue weighted by molar-refractivity contribution is 0.0952. The van der Waals surface area contributed by atoms with Crippen molar-refractivity contribution in [3.8, 4) is 0 Å². The standard InChI is InChI=1S/C18H25N5O3S/c1-27(25,26)23-12-2-5-16(14-23)17-7-6-15(13-20-17)18(24)19-8-3-10-22-11-4-9-21-22/h4,6-7,9,11,13,16H,2-3,5,8,10,12,14H2,1H3,(H,19,24)/t16-/m1/s1. The van der Waals surface area contributed by atoms with Crippen LogP contribution in [0, 0.1) is 0 Å². The summed E-state index contributed by atoms with van der Waals surface area (Å²) >= 11 is 0. The molecule has 1 aliphatic rings. The summed E-state index contributed by atoms with van der Waals surface area (Å²) in [5.74, 6) is -0.0874. The van der Waals surface area contributed by atoms with E-state index in [1.807, 2.05) is 23.0 Å². The Hall–Kier alpha value is -2.26. The summed E-state index contributed by atoms with van der Waals surface area (Å²) in [5.41, 5.74) is 1.34. The Kier molecular flexibility index (Phi) is 6.22. The van der Waals surface area contributed by atoms with Crippen molar-refractivity contribution in [1.29, 1.82) is 0 Å². The number of pyridine rings is 1. The number of amides is 1. The van der Waals surface area contributed by atoms with Crippen molar-refractivity contribution in [3.05, 3.63) is 48.0 Å². The van der Waals surface area contributed by atoms with Crippen LogP contribution < -0.4 is 5.32 Å². The number of nitrogens with zero attached hydrogens (tertiary/aromatic N) is 4. The van der Waals surface area contributed by atoms with Crippen molar-refractivity contribution in [1.82, 2.24) is 24.4 Å². The van der Waals surface area contributed by atoms with E-state index in [9.17, 15) is 13.2 Å². The van der Waals surface area contributed by atoms with Crippen LogP contribution in [0.25, 0.3) is 0 Å². The number of rotatable bonds is 7. The molecule has 0 aromatic carbocycles. The molecule has 27 heavy (non-hydrogen) atoms. The number of hydrogen-bond acceptors (Lipinski definition) is 5. The van der Waals surface area contributed by atoms with Crippen LogP contribution in [-0.2, 0) is 16.6 Å². The number of piperidine rings is 1. The van der Waals surface area contributed by atoms with Crippen LogP contribution in [-0.4, -0.2) is 59.3 Å². The third kappa shape index (κ3) is 5.36. The molecule has 0 unspecified atom stereocenters. The van der Waals surface area contributed by atoms with Gasteiger partial charge >= 0.3 is 0 Å². The molecule has 8 nitrogen and oxygen atoms in total. The fourth-order valence-corrected chi connectivity index (χ4v) is 4.16. The van der Waals surface area contributed by atoms with Gasteiger partial charge < -0.3 is 5.32 Å². The topological polar surface area (TPSA) is 97.2 Å². The minimum Gasteiger partial charge on any atom is -0.352 e. The average Bonchev–Trinajstić information content (AvgIpc) is 3.18. The quantitative estimate of drug-likeness (QED) is 0.716. The minimum atomic E-state index is -3.18. The molecule has 1 fully saturated rings. The van der Waals surface area contributed by atoms with E-state index in [1.165, 1.54) is 10.6 Å². The zero-order valence-corrected chi connectivity index (χ0v) is 16.2. The number of nitrogens with one attached hydrogen (secondary N) is 1. The van der Waals surface area contributed by atoms with Crippen LogP contribution >= 0.6 is 0 Å². The van der Waals surface area contributed by atoms with Crippen molar-refractivity contribution in [3.63, 3.8) is 0 Å². The first-order valence-corrected chi connectivity index (χ1v) is 10.9. The van der Waals surface area contributed by atoms with Gasteiger partial charge in [-0.1, -0.05) is 0 Å². The second-order valence-corrected chi connectivity index (χ2v) is 8.79. The molecule has 146 valence electrons. The molecular weight excluding hydrogens is 366 g/mol. The molecule has 1 N–H and O–H groups in total. The molecule has 9 heteroatoms. The highest BCUT2D eigenvalue weighted by Gasteiger charge is 2.27. The van der Waals surface area contributed by atoms with Crippen molar-refractivity contribution in [2.45, 2.75) is 31.7 Å². The average molecular weight is 391 g/mol. The van der Waals surface area contributed by atoms with Crippen LogP contribution in [0.4, 0.5) is 0 Å². The number of aryl methyl sites for hydroxylation is 1. The molecule has 1 saturated heterocycles. The van der Waals surface area contributed by atoms with Gasteiger partial charge in [0.25, 0.3) is 5.91 Å². The van der Waals surface area contributed by atoms with Gasteiger partial charge in [-0.3, -0.25) is 14.5 Å². The highest BCUT2D eigenvalue weighted by atomic mass is 32.2. The Morgan fingerprint density at radius 2 is 2.22 bits per heavy atom. The van der Waals surface area contributed by atoms with Gasteiger partial charge in [0.15, 0.2) is 0 Å². The monoisotopic (exact) mass is 391 g/mol. The summed E-state index contributed by atoms with van der Waals surface area (Å²) in [7, 11) is -3.18. The van der Waals surface area contributed by atoms with Crippen LogP contribution in [0.3, 0.4) is 0 Å². The molecule has 3 heterocycles. The smallest absolute Gasteiger partial charge is 0.252 e. The van der Waals surface area contributed by atoms with E-state index >= 15 is 0 Å². The van der Waals surface area contributed by atoms with Gasteiger partial charge in [-0.05, 0) is 37.5 Å². The van der Waals surface area contributed by atoms with Gasteiger partial charge in [-0.2, -0.15) is 5.10 Å². The predicted molar refractivity (Wildman–Crippen MR) is 102 cm³/mol. The fourth-order valence-electron chi connectivity index (χ4n) is 3.24. The Labute approximate surface area is 159 Å². The molecule has 1 amide bonds. The SMILES string of the molecule is CS(=O)(=O)N1CCC[C@@H](c2ccc(C(=O)NCCCn3cccn3)cn2)C1. The predicted octanol–water partition coefficient (Wildman–Crippen LogP) is 1.24. The number of carbonyl (C=O) groups is 1. The molecule has 1 atom stereocenters. The van der Waals surface area contributed by atoms with Crippen molar-refractivity contribution in [2.24, 2.45) is 0 Å². The Morgan fingerprint density at radius 3 is 2.89 bits per heavy atom. The molecule has 2 aromatic heterocycles. The number of hydrogen-bond donors (Lipinski definition) is 1. The summed E-state index contributed by atoms with van der Waals surface area (Å²) < 4.78 is 26.8. The maximum absolute atomic E-state index is 12.2. The van der Waals surface area contributed by atoms with Gasteiger partial charge in [-0.25, -0.2) is 12.7 Å². The molecule has 1 aliphatic heterocycles. The van der Waals surface area contributed by atoms with Crippen LogP contribution in [0.5, 0.6) is 0 Å². The molecule has 0 bridgehead atoms. The summed E-state index contributed by atoms with van der Waals surface area (Å²) in [6.45, 7) is 2.33. The normalized spacial score (nSPS) is 18.3. The van der Waals surface area contributed by atoms with Crippen LogP contribution in [0.15, 0.2) is 36.8 Å². The first-order chi connectivity index (χ1) is 12.9. The third-order valence-corrected chi connectivity index (χ3v) is 6.00. The number of aromatic nitrogens is 3. The first-order valence-electron chi connectivity index (χ1n) is 9.10. The Bertz CT molecular complexity index is 850. The van der Waals surface area contributed by atoms with Gasteiger partial charge in [0, 0.05) is 56.4 Å². The lowest BCUT2D eigenvalue weighted by Gasteiger charge is -2.30. The van der Waals surface area contributed by atoms with Crippen molar-refractivity contribution < 1.29 is 13.2 Å². The molecule has 2 aromatic rings. The summed E-state index contributed by atoms with van der Waals surface area (Å²) in [6, 6.07) is 5.45. The highest BCUT2D eigenvalue weighted by molar-refractivity contribution is 7.88. The fraction of sp³-hybridized carbons (Fsp3) is 0.500. The molecule has 0 spiro atoms. The second kappa shape index (κ2) is 8.62. The Balaban J connectivity index is 1.51. The first kappa shape index (κ1) is 19.5. The maximum atomic E-state index is 12.2. The third-order valence-electron chi connectivity index (χ3n) is 4.73. The lowest BCUT2D eigenvalue weighted by atomic mass is 9.95. The van der Waals surface area contributed by atoms with Crippen LogP contribution in [0.1, 0.15) is 41.2 Å². The summed E-state index contributed by atoms with van der Waals surface area (Å²) in [4.78, 5) is 16.6. The number of sulfonamides is 1. The molecular formula is C18H25N5O3S. The zero-order valence-electron chi connectivity index (χ0n) is 15.4. The van der Waals surface area contributed by atoms with E-state index in [4.69, 9.17) is 0 Å². The van der Waals surface area contributed by atoms with Gasteiger partial charge in [-0.15, -0.1) is 0 Å². The van der Waals surface area contributed by atoms with E-state index in [0.29, 0.717) is 25.2 Å². The second-order valence-electron chi connectivity index (χ2n) is 6.81. The maximum Gasteiger partial charge on any atom is 0.252 e. The summed E-state index contributed by atoms with van der Waals surface area (Å²) in [6.07, 6.45) is 8.94. The molecule has 0 aliphatic carbocycles. The van der Waals surface area contributed by atoms with Gasteiger partial charge in [0.2, 0.25) is 10.0 Å². The van der Waals surface area contributed by atoms with E-state index in [0.717, 1.165) is 31.5 Å². The van der Waals surface area contributed by atoms with Crippen molar-refractivity contribution in [2.75, 3.05) is 25.9 Å². The lowest BCUT2D eigenvalue weighted by Crippen LogP contribution is -2.38.